The van der Waals surface area contributed by atoms with Crippen LogP contribution in [0, 0.1) is 0 Å². The number of nitrogens with zero attached hydrogens (tertiary/aromatic N) is 1. The van der Waals surface area contributed by atoms with E-state index in [0.717, 1.165) is 0 Å². The third kappa shape index (κ3) is 6.77. The van der Waals surface area contributed by atoms with Crippen LogP contribution in [-0.2, 0) is 19.6 Å². The average molecular weight is 422 g/mol. The molecule has 2 rings (SSSR count). The molecule has 0 bridgehead atoms. The van der Waals surface area contributed by atoms with E-state index in [1.54, 1.807) is 4.90 Å². The van der Waals surface area contributed by atoms with Gasteiger partial charge < -0.3 is 10.6 Å². The molecule has 1 unspecified atom stereocenters. The molecule has 0 spiro atoms. The largest absolute Gasteiger partial charge is 0.405 e. The number of primary sulfonamides is 1. The quantitative estimate of drug-likeness (QED) is 0.600. The minimum Gasteiger partial charge on any atom is -0.346 e. The molecule has 1 aliphatic rings. The van der Waals surface area contributed by atoms with Crippen LogP contribution in [0.2, 0.25) is 0 Å². The number of halogens is 3. The minimum atomic E-state index is -4.48. The van der Waals surface area contributed by atoms with Crippen LogP contribution in [0.25, 0.3) is 0 Å². The average Bonchev–Trinajstić information content (AvgIpc) is 3.05. The van der Waals surface area contributed by atoms with E-state index in [2.05, 4.69) is 5.32 Å². The highest BCUT2D eigenvalue weighted by molar-refractivity contribution is 7.89. The number of amides is 2. The van der Waals surface area contributed by atoms with Crippen LogP contribution >= 0.6 is 0 Å². The first kappa shape index (κ1) is 22.1. The Labute approximate surface area is 160 Å². The third-order valence-electron chi connectivity index (χ3n) is 4.20. The van der Waals surface area contributed by atoms with E-state index in [9.17, 15) is 31.2 Å². The number of nitrogens with two attached hydrogens (primary N) is 1. The SMILES string of the molecule is NS(=O)(=O)c1cccc(NC(=O)CCN2CCCC2C(=O)NCC(F)(F)F)c1. The summed E-state index contributed by atoms with van der Waals surface area (Å²) in [6, 6.07) is 4.73. The first-order valence-electron chi connectivity index (χ1n) is 8.47. The first-order chi connectivity index (χ1) is 13.0. The summed E-state index contributed by atoms with van der Waals surface area (Å²) in [5.74, 6) is -1.14. The molecule has 28 heavy (non-hydrogen) atoms. The van der Waals surface area contributed by atoms with Gasteiger partial charge in [0.1, 0.15) is 6.54 Å². The summed E-state index contributed by atoms with van der Waals surface area (Å²) in [5, 5.41) is 9.44. The highest BCUT2D eigenvalue weighted by Crippen LogP contribution is 2.19. The number of sulfonamides is 1. The molecule has 1 aromatic rings. The van der Waals surface area contributed by atoms with Gasteiger partial charge in [0.25, 0.3) is 0 Å². The van der Waals surface area contributed by atoms with E-state index in [1.807, 2.05) is 5.32 Å². The standard InChI is InChI=1S/C16H21F3N4O4S/c17-16(18,19)10-21-15(25)13-5-2-7-23(13)8-6-14(24)22-11-3-1-4-12(9-11)28(20,26)27/h1,3-4,9,13H,2,5-8,10H2,(H,21,25)(H,22,24)(H2,20,26,27). The Morgan fingerprint density at radius 3 is 2.64 bits per heavy atom. The fraction of sp³-hybridized carbons (Fsp3) is 0.500. The number of carbonyl (C=O) groups excluding carboxylic acids is 2. The molecule has 0 radical (unpaired) electrons. The fourth-order valence-corrected chi connectivity index (χ4v) is 3.47. The van der Waals surface area contributed by atoms with Crippen LogP contribution < -0.4 is 15.8 Å². The Morgan fingerprint density at radius 2 is 2.00 bits per heavy atom. The van der Waals surface area contributed by atoms with Crippen molar-refractivity contribution in [3.63, 3.8) is 0 Å². The third-order valence-corrected chi connectivity index (χ3v) is 5.11. The van der Waals surface area contributed by atoms with Gasteiger partial charge in [0.2, 0.25) is 21.8 Å². The van der Waals surface area contributed by atoms with E-state index in [0.29, 0.717) is 19.4 Å². The van der Waals surface area contributed by atoms with Gasteiger partial charge in [0.15, 0.2) is 0 Å². The van der Waals surface area contributed by atoms with Crippen molar-refractivity contribution in [3.8, 4) is 0 Å². The zero-order valence-electron chi connectivity index (χ0n) is 14.8. The molecule has 1 atom stereocenters. The smallest absolute Gasteiger partial charge is 0.346 e. The maximum Gasteiger partial charge on any atom is 0.405 e. The van der Waals surface area contributed by atoms with Gasteiger partial charge in [-0.05, 0) is 37.6 Å². The van der Waals surface area contributed by atoms with Crippen molar-refractivity contribution in [2.24, 2.45) is 5.14 Å². The number of benzene rings is 1. The van der Waals surface area contributed by atoms with Gasteiger partial charge in [-0.2, -0.15) is 13.2 Å². The summed E-state index contributed by atoms with van der Waals surface area (Å²) in [7, 11) is -3.90. The molecule has 0 saturated carbocycles. The maximum atomic E-state index is 12.2. The van der Waals surface area contributed by atoms with Crippen LogP contribution in [0.1, 0.15) is 19.3 Å². The van der Waals surface area contributed by atoms with Crippen molar-refractivity contribution in [1.82, 2.24) is 10.2 Å². The second kappa shape index (κ2) is 8.88. The van der Waals surface area contributed by atoms with Crippen LogP contribution in [0.3, 0.4) is 0 Å². The number of anilines is 1. The van der Waals surface area contributed by atoms with Crippen molar-refractivity contribution < 1.29 is 31.2 Å². The number of nitrogens with one attached hydrogen (secondary N) is 2. The van der Waals surface area contributed by atoms with Crippen molar-refractivity contribution in [3.05, 3.63) is 24.3 Å². The van der Waals surface area contributed by atoms with Crippen LogP contribution in [0.4, 0.5) is 18.9 Å². The Morgan fingerprint density at radius 1 is 1.29 bits per heavy atom. The molecule has 1 heterocycles. The van der Waals surface area contributed by atoms with Crippen LogP contribution in [0.5, 0.6) is 0 Å². The lowest BCUT2D eigenvalue weighted by Gasteiger charge is -2.23. The molecule has 1 aromatic carbocycles. The molecule has 1 fully saturated rings. The van der Waals surface area contributed by atoms with Crippen molar-refractivity contribution in [2.45, 2.75) is 36.4 Å². The molecular formula is C16H21F3N4O4S. The Kier molecular flexibility index (Phi) is 7.01. The molecule has 2 amide bonds. The number of hydrogen-bond acceptors (Lipinski definition) is 5. The number of hydrogen-bond donors (Lipinski definition) is 3. The lowest BCUT2D eigenvalue weighted by atomic mass is 10.2. The summed E-state index contributed by atoms with van der Waals surface area (Å²) >= 11 is 0. The van der Waals surface area contributed by atoms with Crippen molar-refractivity contribution in [1.29, 1.82) is 0 Å². The van der Waals surface area contributed by atoms with Gasteiger partial charge in [-0.25, -0.2) is 13.6 Å². The van der Waals surface area contributed by atoms with Crippen molar-refractivity contribution in [2.75, 3.05) is 25.0 Å². The predicted octanol–water partition coefficient (Wildman–Crippen LogP) is 0.806. The monoisotopic (exact) mass is 422 g/mol. The normalized spacial score (nSPS) is 18.1. The molecule has 12 heteroatoms. The summed E-state index contributed by atoms with van der Waals surface area (Å²) in [6.45, 7) is -0.708. The molecule has 0 aliphatic carbocycles. The maximum absolute atomic E-state index is 12.2. The van der Waals surface area contributed by atoms with Gasteiger partial charge in [0, 0.05) is 18.7 Å². The molecule has 1 aliphatic heterocycles. The first-order valence-corrected chi connectivity index (χ1v) is 10.0. The van der Waals surface area contributed by atoms with E-state index in [1.165, 1.54) is 24.3 Å². The number of carbonyl (C=O) groups is 2. The Bertz CT molecular complexity index is 829. The number of rotatable bonds is 7. The van der Waals surface area contributed by atoms with Gasteiger partial charge in [-0.15, -0.1) is 0 Å². The van der Waals surface area contributed by atoms with Crippen LogP contribution in [0.15, 0.2) is 29.2 Å². The van der Waals surface area contributed by atoms with Gasteiger partial charge in [0.05, 0.1) is 10.9 Å². The van der Waals surface area contributed by atoms with Crippen molar-refractivity contribution >= 4 is 27.5 Å². The molecule has 4 N–H and O–H groups in total. The summed E-state index contributed by atoms with van der Waals surface area (Å²) in [4.78, 5) is 25.6. The number of likely N-dealkylation sites (tertiary alicyclic amines) is 1. The lowest BCUT2D eigenvalue weighted by molar-refractivity contribution is -0.141. The molecule has 1 saturated heterocycles. The van der Waals surface area contributed by atoms with Gasteiger partial charge >= 0.3 is 6.18 Å². The van der Waals surface area contributed by atoms with Crippen LogP contribution in [-0.4, -0.2) is 57.0 Å². The zero-order valence-corrected chi connectivity index (χ0v) is 15.6. The van der Waals surface area contributed by atoms with E-state index >= 15 is 0 Å². The van der Waals surface area contributed by atoms with E-state index in [4.69, 9.17) is 5.14 Å². The molecule has 156 valence electrons. The van der Waals surface area contributed by atoms with E-state index in [-0.39, 0.29) is 23.5 Å². The summed E-state index contributed by atoms with van der Waals surface area (Å²) in [5.41, 5.74) is 0.248. The fourth-order valence-electron chi connectivity index (χ4n) is 2.92. The highest BCUT2D eigenvalue weighted by Gasteiger charge is 2.34. The molecule has 8 nitrogen and oxygen atoms in total. The molecule has 0 aromatic heterocycles. The minimum absolute atomic E-state index is 0.0113. The summed E-state index contributed by atoms with van der Waals surface area (Å²) < 4.78 is 59.4. The predicted molar refractivity (Wildman–Crippen MR) is 94.7 cm³/mol. The Balaban J connectivity index is 1.87. The van der Waals surface area contributed by atoms with E-state index < -0.39 is 40.6 Å². The topological polar surface area (TPSA) is 122 Å². The summed E-state index contributed by atoms with van der Waals surface area (Å²) in [6.07, 6.45) is -3.43. The second-order valence-electron chi connectivity index (χ2n) is 6.40. The van der Waals surface area contributed by atoms with Gasteiger partial charge in [-0.3, -0.25) is 14.5 Å². The highest BCUT2D eigenvalue weighted by atomic mass is 32.2. The number of alkyl halides is 3. The van der Waals surface area contributed by atoms with Gasteiger partial charge in [-0.1, -0.05) is 6.07 Å². The lowest BCUT2D eigenvalue weighted by Crippen LogP contribution is -2.46. The molecular weight excluding hydrogens is 401 g/mol. The Hall–Kier alpha value is -2.18. The second-order valence-corrected chi connectivity index (χ2v) is 7.96. The zero-order chi connectivity index (χ0) is 20.9.